The van der Waals surface area contributed by atoms with Crippen LogP contribution in [0.25, 0.3) is 0 Å². The molecule has 0 saturated carbocycles. The van der Waals surface area contributed by atoms with Gasteiger partial charge in [-0.25, -0.2) is 0 Å². The van der Waals surface area contributed by atoms with Crippen molar-refractivity contribution in [3.05, 3.63) is 30.1 Å². The maximum atomic E-state index is 11.4. The largest absolute Gasteiger partial charge is 0.481 e. The average Bonchev–Trinajstić information content (AvgIpc) is 2.30. The number of ether oxygens (including phenoxy) is 1. The maximum Gasteiger partial charge on any atom is 0.320 e. The van der Waals surface area contributed by atoms with Crippen molar-refractivity contribution in [2.45, 2.75) is 19.8 Å². The molecule has 0 fully saturated rings. The molecule has 1 heterocycles. The molecule has 0 amide bonds. The van der Waals surface area contributed by atoms with Gasteiger partial charge in [0, 0.05) is 12.4 Å². The summed E-state index contributed by atoms with van der Waals surface area (Å²) in [7, 11) is 0. The molecule has 1 aromatic heterocycles. The van der Waals surface area contributed by atoms with Crippen molar-refractivity contribution in [3.8, 4) is 0 Å². The molecule has 1 aromatic rings. The second-order valence-electron chi connectivity index (χ2n) is 3.54. The van der Waals surface area contributed by atoms with E-state index < -0.39 is 17.9 Å². The van der Waals surface area contributed by atoms with Crippen LogP contribution in [0.5, 0.6) is 0 Å². The van der Waals surface area contributed by atoms with Crippen molar-refractivity contribution in [1.82, 2.24) is 4.98 Å². The molecule has 92 valence electrons. The fourth-order valence-corrected chi connectivity index (χ4v) is 1.45. The maximum absolute atomic E-state index is 11.4. The lowest BCUT2D eigenvalue weighted by atomic mass is 10.0. The molecule has 0 spiro atoms. The summed E-state index contributed by atoms with van der Waals surface area (Å²) < 4.78 is 4.72. The lowest BCUT2D eigenvalue weighted by molar-refractivity contribution is -0.158. The van der Waals surface area contributed by atoms with Crippen LogP contribution in [0.4, 0.5) is 0 Å². The van der Waals surface area contributed by atoms with Gasteiger partial charge in [0.2, 0.25) is 0 Å². The third kappa shape index (κ3) is 4.22. The first-order chi connectivity index (χ1) is 8.15. The Hall–Kier alpha value is -1.91. The number of hydrogen-bond acceptors (Lipinski definition) is 4. The first kappa shape index (κ1) is 13.2. The minimum atomic E-state index is -1.14. The third-order valence-electron chi connectivity index (χ3n) is 2.34. The fourth-order valence-electron chi connectivity index (χ4n) is 1.45. The Kier molecular flexibility index (Phi) is 5.13. The van der Waals surface area contributed by atoms with E-state index in [1.165, 1.54) is 0 Å². The molecule has 0 aliphatic carbocycles. The number of carbonyl (C=O) groups is 2. The number of carbonyl (C=O) groups excluding carboxylic acids is 1. The third-order valence-corrected chi connectivity index (χ3v) is 2.34. The molecule has 5 nitrogen and oxygen atoms in total. The standard InChI is InChI=1S/C12H15NO4/c1-2-17-12(16)10(11(14)15)4-3-9-5-7-13-8-6-9/h5-8,10H,2-4H2,1H3,(H,14,15). The van der Waals surface area contributed by atoms with Crippen LogP contribution in [0.15, 0.2) is 24.5 Å². The minimum Gasteiger partial charge on any atom is -0.481 e. The zero-order chi connectivity index (χ0) is 12.7. The van der Waals surface area contributed by atoms with Crippen molar-refractivity contribution in [1.29, 1.82) is 0 Å². The molecule has 0 bridgehead atoms. The summed E-state index contributed by atoms with van der Waals surface area (Å²) in [6.45, 7) is 1.84. The summed E-state index contributed by atoms with van der Waals surface area (Å²) in [6, 6.07) is 3.59. The highest BCUT2D eigenvalue weighted by Crippen LogP contribution is 2.11. The molecule has 0 aliphatic rings. The van der Waals surface area contributed by atoms with E-state index in [-0.39, 0.29) is 13.0 Å². The molecule has 1 rings (SSSR count). The molecule has 0 aliphatic heterocycles. The first-order valence-electron chi connectivity index (χ1n) is 5.43. The lowest BCUT2D eigenvalue weighted by Crippen LogP contribution is -2.26. The molecule has 17 heavy (non-hydrogen) atoms. The number of nitrogens with zero attached hydrogens (tertiary/aromatic N) is 1. The van der Waals surface area contributed by atoms with Gasteiger partial charge >= 0.3 is 11.9 Å². The summed E-state index contributed by atoms with van der Waals surface area (Å²) in [6.07, 6.45) is 4.02. The Morgan fingerprint density at radius 1 is 1.41 bits per heavy atom. The zero-order valence-electron chi connectivity index (χ0n) is 9.63. The number of carboxylic acids is 1. The normalized spacial score (nSPS) is 11.8. The number of aryl methyl sites for hydroxylation is 1. The Labute approximate surface area is 99.4 Å². The van der Waals surface area contributed by atoms with Crippen LogP contribution in [0, 0.1) is 5.92 Å². The highest BCUT2D eigenvalue weighted by molar-refractivity contribution is 5.93. The lowest BCUT2D eigenvalue weighted by Gasteiger charge is -2.10. The van der Waals surface area contributed by atoms with E-state index >= 15 is 0 Å². The van der Waals surface area contributed by atoms with Crippen LogP contribution in [0.3, 0.4) is 0 Å². The van der Waals surface area contributed by atoms with Crippen molar-refractivity contribution >= 4 is 11.9 Å². The first-order valence-corrected chi connectivity index (χ1v) is 5.43. The number of rotatable bonds is 6. The number of aliphatic carboxylic acids is 1. The van der Waals surface area contributed by atoms with E-state index in [1.807, 2.05) is 0 Å². The number of aromatic nitrogens is 1. The van der Waals surface area contributed by atoms with Gasteiger partial charge in [0.1, 0.15) is 0 Å². The summed E-state index contributed by atoms with van der Waals surface area (Å²) in [5, 5.41) is 8.94. The van der Waals surface area contributed by atoms with Crippen molar-refractivity contribution in [3.63, 3.8) is 0 Å². The predicted octanol–water partition coefficient (Wildman–Crippen LogP) is 1.28. The quantitative estimate of drug-likeness (QED) is 0.595. The summed E-state index contributed by atoms with van der Waals surface area (Å²) in [4.78, 5) is 26.2. The Bertz CT molecular complexity index is 377. The van der Waals surface area contributed by atoms with Gasteiger partial charge < -0.3 is 9.84 Å². The zero-order valence-corrected chi connectivity index (χ0v) is 9.63. The van der Waals surface area contributed by atoms with Crippen molar-refractivity contribution in [2.75, 3.05) is 6.61 Å². The van der Waals surface area contributed by atoms with Crippen LogP contribution in [0.2, 0.25) is 0 Å². The van der Waals surface area contributed by atoms with E-state index in [4.69, 9.17) is 9.84 Å². The van der Waals surface area contributed by atoms with Gasteiger partial charge in [-0.15, -0.1) is 0 Å². The smallest absolute Gasteiger partial charge is 0.320 e. The topological polar surface area (TPSA) is 76.5 Å². The summed E-state index contributed by atoms with van der Waals surface area (Å²) in [5.41, 5.74) is 0.954. The Morgan fingerprint density at radius 3 is 2.59 bits per heavy atom. The molecular weight excluding hydrogens is 222 g/mol. The van der Waals surface area contributed by atoms with Gasteiger partial charge in [-0.3, -0.25) is 14.6 Å². The second kappa shape index (κ2) is 6.62. The van der Waals surface area contributed by atoms with Crippen molar-refractivity contribution < 1.29 is 19.4 Å². The van der Waals surface area contributed by atoms with Crippen LogP contribution in [0.1, 0.15) is 18.9 Å². The number of carboxylic acid groups (broad SMARTS) is 1. The molecule has 5 heteroatoms. The van der Waals surface area contributed by atoms with Gasteiger partial charge in [0.15, 0.2) is 5.92 Å². The molecule has 1 N–H and O–H groups in total. The van der Waals surface area contributed by atoms with Crippen LogP contribution in [-0.4, -0.2) is 28.6 Å². The Balaban J connectivity index is 2.56. The second-order valence-corrected chi connectivity index (χ2v) is 3.54. The monoisotopic (exact) mass is 237 g/mol. The summed E-state index contributed by atoms with van der Waals surface area (Å²) >= 11 is 0. The van der Waals surface area contributed by atoms with E-state index in [2.05, 4.69) is 4.98 Å². The minimum absolute atomic E-state index is 0.192. The van der Waals surface area contributed by atoms with Crippen LogP contribution < -0.4 is 0 Å². The highest BCUT2D eigenvalue weighted by atomic mass is 16.5. The average molecular weight is 237 g/mol. The van der Waals surface area contributed by atoms with E-state index in [9.17, 15) is 9.59 Å². The molecular formula is C12H15NO4. The van der Waals surface area contributed by atoms with Crippen LogP contribution >= 0.6 is 0 Å². The molecule has 0 radical (unpaired) electrons. The molecule has 1 unspecified atom stereocenters. The van der Waals surface area contributed by atoms with E-state index in [1.54, 1.807) is 31.5 Å². The Morgan fingerprint density at radius 2 is 2.06 bits per heavy atom. The SMILES string of the molecule is CCOC(=O)C(CCc1ccncc1)C(=O)O. The number of esters is 1. The van der Waals surface area contributed by atoms with E-state index in [0.717, 1.165) is 5.56 Å². The fraction of sp³-hybridized carbons (Fsp3) is 0.417. The van der Waals surface area contributed by atoms with Gasteiger partial charge in [0.25, 0.3) is 0 Å². The van der Waals surface area contributed by atoms with Gasteiger partial charge in [-0.05, 0) is 37.5 Å². The highest BCUT2D eigenvalue weighted by Gasteiger charge is 2.27. The van der Waals surface area contributed by atoms with Crippen LogP contribution in [-0.2, 0) is 20.7 Å². The van der Waals surface area contributed by atoms with Gasteiger partial charge in [0.05, 0.1) is 6.61 Å². The predicted molar refractivity (Wildman–Crippen MR) is 60.3 cm³/mol. The number of pyridine rings is 1. The summed E-state index contributed by atoms with van der Waals surface area (Å²) in [5.74, 6) is -2.91. The van der Waals surface area contributed by atoms with E-state index in [0.29, 0.717) is 6.42 Å². The number of hydrogen-bond donors (Lipinski definition) is 1. The van der Waals surface area contributed by atoms with Gasteiger partial charge in [-0.2, -0.15) is 0 Å². The molecule has 1 atom stereocenters. The van der Waals surface area contributed by atoms with Crippen molar-refractivity contribution in [2.24, 2.45) is 5.92 Å². The molecule has 0 saturated heterocycles. The molecule has 0 aromatic carbocycles. The van der Waals surface area contributed by atoms with Gasteiger partial charge in [-0.1, -0.05) is 0 Å².